The van der Waals surface area contributed by atoms with Gasteiger partial charge in [0.1, 0.15) is 5.84 Å². The Labute approximate surface area is 119 Å². The predicted octanol–water partition coefficient (Wildman–Crippen LogP) is 1.67. The molecule has 5 heteroatoms. The highest BCUT2D eigenvalue weighted by atomic mass is 16.4. The van der Waals surface area contributed by atoms with Crippen LogP contribution in [0.2, 0.25) is 0 Å². The molecule has 0 radical (unpaired) electrons. The highest BCUT2D eigenvalue weighted by Crippen LogP contribution is 2.27. The van der Waals surface area contributed by atoms with Crippen LogP contribution in [0.25, 0.3) is 0 Å². The van der Waals surface area contributed by atoms with E-state index in [-0.39, 0.29) is 11.7 Å². The number of amides is 1. The second-order valence-electron chi connectivity index (χ2n) is 5.33. The topological polar surface area (TPSA) is 78.9 Å². The fourth-order valence-electron chi connectivity index (χ4n) is 2.28. The molecule has 0 unspecified atom stereocenters. The van der Waals surface area contributed by atoms with Crippen molar-refractivity contribution in [1.29, 1.82) is 0 Å². The van der Waals surface area contributed by atoms with Gasteiger partial charge in [-0.05, 0) is 25.3 Å². The van der Waals surface area contributed by atoms with Gasteiger partial charge < -0.3 is 15.8 Å². The average molecular weight is 275 g/mol. The van der Waals surface area contributed by atoms with E-state index in [0.717, 1.165) is 24.0 Å². The zero-order valence-corrected chi connectivity index (χ0v) is 11.7. The minimum atomic E-state index is 0.115. The normalized spacial score (nSPS) is 15.2. The van der Waals surface area contributed by atoms with Crippen LogP contribution in [-0.4, -0.2) is 34.4 Å². The summed E-state index contributed by atoms with van der Waals surface area (Å²) in [5, 5.41) is 11.5. The lowest BCUT2D eigenvalue weighted by molar-refractivity contribution is -0.130. The number of carbonyl (C=O) groups excluding carboxylic acids is 1. The van der Waals surface area contributed by atoms with Gasteiger partial charge in [-0.1, -0.05) is 35.0 Å². The van der Waals surface area contributed by atoms with Crippen LogP contribution in [0.15, 0.2) is 29.4 Å². The third-order valence-corrected chi connectivity index (χ3v) is 3.48. The van der Waals surface area contributed by atoms with Gasteiger partial charge in [-0.15, -0.1) is 0 Å². The van der Waals surface area contributed by atoms with Crippen molar-refractivity contribution in [2.24, 2.45) is 10.9 Å². The number of hydrogen-bond acceptors (Lipinski definition) is 3. The van der Waals surface area contributed by atoms with Gasteiger partial charge in [-0.3, -0.25) is 4.79 Å². The predicted molar refractivity (Wildman–Crippen MR) is 77.6 cm³/mol. The lowest BCUT2D eigenvalue weighted by Crippen LogP contribution is -2.36. The minimum absolute atomic E-state index is 0.115. The SMILES string of the molecule is Cc1cccc(CC(=O)N(CCC(N)=NO)C2CC2)c1. The quantitative estimate of drug-likeness (QED) is 0.359. The van der Waals surface area contributed by atoms with Crippen LogP contribution in [0.4, 0.5) is 0 Å². The van der Waals surface area contributed by atoms with Crippen LogP contribution >= 0.6 is 0 Å². The summed E-state index contributed by atoms with van der Waals surface area (Å²) >= 11 is 0. The molecule has 0 spiro atoms. The zero-order chi connectivity index (χ0) is 14.5. The first-order valence-corrected chi connectivity index (χ1v) is 6.91. The van der Waals surface area contributed by atoms with Gasteiger partial charge in [0.15, 0.2) is 0 Å². The second-order valence-corrected chi connectivity index (χ2v) is 5.33. The molecule has 1 amide bonds. The van der Waals surface area contributed by atoms with Crippen molar-refractivity contribution in [3.8, 4) is 0 Å². The summed E-state index contributed by atoms with van der Waals surface area (Å²) in [6.07, 6.45) is 2.92. The lowest BCUT2D eigenvalue weighted by Gasteiger charge is -2.22. The van der Waals surface area contributed by atoms with Crippen molar-refractivity contribution >= 4 is 11.7 Å². The third-order valence-electron chi connectivity index (χ3n) is 3.48. The summed E-state index contributed by atoms with van der Waals surface area (Å²) in [6, 6.07) is 8.33. The van der Waals surface area contributed by atoms with Crippen molar-refractivity contribution in [2.75, 3.05) is 6.54 Å². The highest BCUT2D eigenvalue weighted by molar-refractivity contribution is 5.82. The largest absolute Gasteiger partial charge is 0.409 e. The second kappa shape index (κ2) is 6.41. The number of nitrogens with zero attached hydrogens (tertiary/aromatic N) is 2. The molecule has 0 aromatic heterocycles. The summed E-state index contributed by atoms with van der Waals surface area (Å²) in [5.41, 5.74) is 7.67. The number of carbonyl (C=O) groups is 1. The Morgan fingerprint density at radius 3 is 2.85 bits per heavy atom. The fraction of sp³-hybridized carbons (Fsp3) is 0.467. The van der Waals surface area contributed by atoms with E-state index in [4.69, 9.17) is 10.9 Å². The molecule has 1 aliphatic carbocycles. The first-order valence-electron chi connectivity index (χ1n) is 6.91. The van der Waals surface area contributed by atoms with E-state index in [1.807, 2.05) is 36.1 Å². The van der Waals surface area contributed by atoms with Crippen molar-refractivity contribution in [2.45, 2.75) is 38.6 Å². The molecular weight excluding hydrogens is 254 g/mol. The molecule has 0 atom stereocenters. The van der Waals surface area contributed by atoms with E-state index < -0.39 is 0 Å². The molecule has 0 aliphatic heterocycles. The van der Waals surface area contributed by atoms with Gasteiger partial charge in [0.25, 0.3) is 0 Å². The van der Waals surface area contributed by atoms with Crippen LogP contribution < -0.4 is 5.73 Å². The van der Waals surface area contributed by atoms with Crippen LogP contribution in [0.5, 0.6) is 0 Å². The summed E-state index contributed by atoms with van der Waals surface area (Å²) in [4.78, 5) is 14.3. The Balaban J connectivity index is 1.96. The van der Waals surface area contributed by atoms with Crippen LogP contribution in [0.1, 0.15) is 30.4 Å². The Morgan fingerprint density at radius 2 is 2.25 bits per heavy atom. The Morgan fingerprint density at radius 1 is 1.50 bits per heavy atom. The molecule has 0 heterocycles. The van der Waals surface area contributed by atoms with Gasteiger partial charge >= 0.3 is 0 Å². The summed E-state index contributed by atoms with van der Waals surface area (Å²) in [6.45, 7) is 2.54. The first-order chi connectivity index (χ1) is 9.60. The Kier molecular flexibility index (Phi) is 4.61. The number of aryl methyl sites for hydroxylation is 1. The molecule has 1 saturated carbocycles. The van der Waals surface area contributed by atoms with Crippen molar-refractivity contribution in [3.05, 3.63) is 35.4 Å². The zero-order valence-electron chi connectivity index (χ0n) is 11.7. The maximum absolute atomic E-state index is 12.4. The number of amidine groups is 1. The number of oxime groups is 1. The molecule has 1 aromatic carbocycles. The molecule has 20 heavy (non-hydrogen) atoms. The van der Waals surface area contributed by atoms with E-state index in [9.17, 15) is 4.79 Å². The monoisotopic (exact) mass is 275 g/mol. The Bertz CT molecular complexity index is 510. The van der Waals surface area contributed by atoms with Gasteiger partial charge in [0, 0.05) is 19.0 Å². The van der Waals surface area contributed by atoms with E-state index in [1.54, 1.807) is 0 Å². The minimum Gasteiger partial charge on any atom is -0.409 e. The highest BCUT2D eigenvalue weighted by Gasteiger charge is 2.32. The molecule has 1 fully saturated rings. The number of nitrogens with two attached hydrogens (primary N) is 1. The third kappa shape index (κ3) is 3.98. The summed E-state index contributed by atoms with van der Waals surface area (Å²) < 4.78 is 0. The fourth-order valence-corrected chi connectivity index (χ4v) is 2.28. The number of benzene rings is 1. The van der Waals surface area contributed by atoms with Crippen molar-refractivity contribution < 1.29 is 10.0 Å². The average Bonchev–Trinajstić information content (AvgIpc) is 3.23. The molecule has 1 aromatic rings. The standard InChI is InChI=1S/C15H21N3O2/c1-11-3-2-4-12(9-11)10-15(19)18(13-5-6-13)8-7-14(16)17-20/h2-4,9,13,20H,5-8,10H2,1H3,(H2,16,17). The van der Waals surface area contributed by atoms with E-state index in [2.05, 4.69) is 5.16 Å². The maximum Gasteiger partial charge on any atom is 0.227 e. The molecule has 5 nitrogen and oxygen atoms in total. The Hall–Kier alpha value is -2.04. The molecule has 1 aliphatic rings. The molecule has 3 N–H and O–H groups in total. The van der Waals surface area contributed by atoms with Crippen molar-refractivity contribution in [3.63, 3.8) is 0 Å². The van der Waals surface area contributed by atoms with Gasteiger partial charge in [-0.2, -0.15) is 0 Å². The summed E-state index contributed by atoms with van der Waals surface area (Å²) in [7, 11) is 0. The molecular formula is C15H21N3O2. The summed E-state index contributed by atoms with van der Waals surface area (Å²) in [5.74, 6) is 0.280. The molecule has 0 bridgehead atoms. The lowest BCUT2D eigenvalue weighted by atomic mass is 10.1. The van der Waals surface area contributed by atoms with Gasteiger partial charge in [0.2, 0.25) is 5.91 Å². The molecule has 2 rings (SSSR count). The van der Waals surface area contributed by atoms with Gasteiger partial charge in [0.05, 0.1) is 6.42 Å². The van der Waals surface area contributed by atoms with Gasteiger partial charge in [-0.25, -0.2) is 0 Å². The maximum atomic E-state index is 12.4. The number of rotatable bonds is 6. The first kappa shape index (κ1) is 14.4. The molecule has 0 saturated heterocycles. The van der Waals surface area contributed by atoms with Crippen molar-refractivity contribution in [1.82, 2.24) is 4.90 Å². The van der Waals surface area contributed by atoms with Crippen LogP contribution in [-0.2, 0) is 11.2 Å². The smallest absolute Gasteiger partial charge is 0.227 e. The van der Waals surface area contributed by atoms with E-state index in [1.165, 1.54) is 0 Å². The van der Waals surface area contributed by atoms with Crippen LogP contribution in [0.3, 0.4) is 0 Å². The van der Waals surface area contributed by atoms with E-state index >= 15 is 0 Å². The molecule has 108 valence electrons. The number of hydrogen-bond donors (Lipinski definition) is 2. The van der Waals surface area contributed by atoms with Crippen LogP contribution in [0, 0.1) is 6.92 Å². The van der Waals surface area contributed by atoms with E-state index in [0.29, 0.717) is 25.4 Å².